The number of nitrogens with zero attached hydrogens (tertiary/aromatic N) is 4. The zero-order valence-corrected chi connectivity index (χ0v) is 15.7. The highest BCUT2D eigenvalue weighted by molar-refractivity contribution is 5.85. The summed E-state index contributed by atoms with van der Waals surface area (Å²) in [7, 11) is 0. The van der Waals surface area contributed by atoms with Crippen molar-refractivity contribution in [1.29, 1.82) is 0 Å². The number of halogens is 1. The maximum atomic E-state index is 13.3. The smallest absolute Gasteiger partial charge is 0.250 e. The molecule has 136 valence electrons. The molecule has 0 spiro atoms. The summed E-state index contributed by atoms with van der Waals surface area (Å²) in [5.41, 5.74) is 4.65. The first kappa shape index (κ1) is 18.7. The minimum absolute atomic E-state index is 0. The monoisotopic (exact) mass is 378 g/mol. The third-order valence-corrected chi connectivity index (χ3v) is 4.73. The number of carbonyl (C=O) groups is 1. The van der Waals surface area contributed by atoms with E-state index >= 15 is 0 Å². The molecule has 0 N–H and O–H groups in total. The molecule has 4 rings (SSSR count). The molecule has 0 saturated carbocycles. The lowest BCUT2D eigenvalue weighted by Crippen LogP contribution is -2.42. The number of carbonyl (C=O) groups excluding carboxylic acids is 1. The fraction of sp³-hybridized carbons (Fsp3) is 0.190. The van der Waals surface area contributed by atoms with Crippen molar-refractivity contribution in [3.63, 3.8) is 0 Å². The van der Waals surface area contributed by atoms with Gasteiger partial charge in [-0.1, -0.05) is 54.1 Å². The summed E-state index contributed by atoms with van der Waals surface area (Å²) in [6.45, 7) is 10.4. The van der Waals surface area contributed by atoms with Crippen molar-refractivity contribution in [1.82, 2.24) is 14.5 Å². The molecule has 0 saturated heterocycles. The van der Waals surface area contributed by atoms with Gasteiger partial charge in [0.1, 0.15) is 6.04 Å². The first-order valence-corrected chi connectivity index (χ1v) is 8.48. The van der Waals surface area contributed by atoms with E-state index in [1.807, 2.05) is 21.6 Å². The van der Waals surface area contributed by atoms with E-state index in [1.54, 1.807) is 24.7 Å². The molecule has 2 aromatic carbocycles. The number of aromatic nitrogens is 2. The Kier molecular flexibility index (Phi) is 5.29. The molecule has 1 aliphatic rings. The fourth-order valence-electron chi connectivity index (χ4n) is 3.37. The van der Waals surface area contributed by atoms with Crippen LogP contribution in [-0.2, 0) is 17.9 Å². The van der Waals surface area contributed by atoms with Crippen LogP contribution >= 0.6 is 12.4 Å². The molecule has 5 nitrogen and oxygen atoms in total. The number of aryl methyl sites for hydroxylation is 1. The number of fused-ring (bicyclic) bond motifs is 1. The summed E-state index contributed by atoms with van der Waals surface area (Å²) in [6.07, 6.45) is 3.51. The second-order valence-electron chi connectivity index (χ2n) is 6.58. The van der Waals surface area contributed by atoms with E-state index in [4.69, 9.17) is 6.57 Å². The van der Waals surface area contributed by atoms with E-state index in [9.17, 15) is 4.79 Å². The zero-order valence-electron chi connectivity index (χ0n) is 14.9. The lowest BCUT2D eigenvalue weighted by atomic mass is 10.0. The second kappa shape index (κ2) is 7.65. The molecule has 0 radical (unpaired) electrons. The van der Waals surface area contributed by atoms with Gasteiger partial charge in [0.15, 0.2) is 5.69 Å². The van der Waals surface area contributed by atoms with Crippen LogP contribution in [0.25, 0.3) is 4.85 Å². The van der Waals surface area contributed by atoms with Crippen molar-refractivity contribution in [2.75, 3.05) is 0 Å². The Hall–Kier alpha value is -3.10. The third-order valence-electron chi connectivity index (χ3n) is 4.73. The molecule has 6 heteroatoms. The van der Waals surface area contributed by atoms with Crippen LogP contribution < -0.4 is 0 Å². The molecule has 1 aromatic heterocycles. The maximum Gasteiger partial charge on any atom is 0.250 e. The van der Waals surface area contributed by atoms with E-state index in [0.29, 0.717) is 18.8 Å². The van der Waals surface area contributed by atoms with E-state index < -0.39 is 6.04 Å². The highest BCUT2D eigenvalue weighted by atomic mass is 35.5. The third kappa shape index (κ3) is 3.57. The quantitative estimate of drug-likeness (QED) is 0.638. The molecule has 0 fully saturated rings. The summed E-state index contributed by atoms with van der Waals surface area (Å²) in [5.74, 6) is 0.0261. The van der Waals surface area contributed by atoms with Gasteiger partial charge in [0.25, 0.3) is 5.91 Å². The Morgan fingerprint density at radius 3 is 2.74 bits per heavy atom. The van der Waals surface area contributed by atoms with Crippen LogP contribution in [-0.4, -0.2) is 20.4 Å². The Bertz CT molecular complexity index is 1000. The largest absolute Gasteiger partial charge is 0.330 e. The molecule has 0 aliphatic carbocycles. The van der Waals surface area contributed by atoms with Crippen LogP contribution in [0.5, 0.6) is 0 Å². The molecule has 27 heavy (non-hydrogen) atoms. The first-order chi connectivity index (χ1) is 12.7. The second-order valence-corrected chi connectivity index (χ2v) is 6.58. The van der Waals surface area contributed by atoms with Gasteiger partial charge >= 0.3 is 0 Å². The Balaban J connectivity index is 0.00000210. The molecule has 1 aliphatic heterocycles. The fourth-order valence-corrected chi connectivity index (χ4v) is 3.37. The Morgan fingerprint density at radius 2 is 2.00 bits per heavy atom. The predicted octanol–water partition coefficient (Wildman–Crippen LogP) is 4.30. The number of rotatable bonds is 3. The van der Waals surface area contributed by atoms with E-state index in [1.165, 1.54) is 5.56 Å². The van der Waals surface area contributed by atoms with Gasteiger partial charge in [-0.05, 0) is 18.1 Å². The summed E-state index contributed by atoms with van der Waals surface area (Å²) >= 11 is 0. The molecule has 3 aromatic rings. The van der Waals surface area contributed by atoms with Crippen LogP contribution in [0, 0.1) is 13.5 Å². The van der Waals surface area contributed by atoms with Crippen molar-refractivity contribution in [3.05, 3.63) is 94.9 Å². The summed E-state index contributed by atoms with van der Waals surface area (Å²) < 4.78 is 1.91. The van der Waals surface area contributed by atoms with Gasteiger partial charge in [-0.25, -0.2) is 9.83 Å². The van der Waals surface area contributed by atoms with Gasteiger partial charge in [0.2, 0.25) is 0 Å². The SMILES string of the molecule is Cl.[C-]#[N+]c1cccc(C2C(=O)N(Cc3ccc(C)cc3)Cc3cncn32)c1. The average molecular weight is 379 g/mol. The lowest BCUT2D eigenvalue weighted by molar-refractivity contribution is -0.136. The van der Waals surface area contributed by atoms with Crippen LogP contribution in [0.4, 0.5) is 5.69 Å². The Labute approximate surface area is 164 Å². The maximum absolute atomic E-state index is 13.3. The number of benzene rings is 2. The molecular weight excluding hydrogens is 360 g/mol. The molecule has 0 bridgehead atoms. The van der Waals surface area contributed by atoms with Crippen molar-refractivity contribution in [3.8, 4) is 0 Å². The van der Waals surface area contributed by atoms with Crippen LogP contribution in [0.2, 0.25) is 0 Å². The highest BCUT2D eigenvalue weighted by Gasteiger charge is 2.34. The van der Waals surface area contributed by atoms with Crippen molar-refractivity contribution in [2.24, 2.45) is 0 Å². The molecule has 1 atom stereocenters. The normalized spacial score (nSPS) is 15.6. The van der Waals surface area contributed by atoms with Crippen molar-refractivity contribution < 1.29 is 4.79 Å². The number of imidazole rings is 1. The van der Waals surface area contributed by atoms with Gasteiger partial charge in [0, 0.05) is 12.7 Å². The van der Waals surface area contributed by atoms with Gasteiger partial charge < -0.3 is 9.47 Å². The van der Waals surface area contributed by atoms with Crippen LogP contribution in [0.1, 0.15) is 28.4 Å². The lowest BCUT2D eigenvalue weighted by Gasteiger charge is -2.34. The Morgan fingerprint density at radius 1 is 1.22 bits per heavy atom. The average Bonchev–Trinajstić information content (AvgIpc) is 3.12. The molecule has 1 amide bonds. The number of amides is 1. The molecule has 1 unspecified atom stereocenters. The zero-order chi connectivity index (χ0) is 18.1. The number of hydrogen-bond donors (Lipinski definition) is 0. The van der Waals surface area contributed by atoms with Crippen molar-refractivity contribution >= 4 is 24.0 Å². The first-order valence-electron chi connectivity index (χ1n) is 8.48. The summed E-state index contributed by atoms with van der Waals surface area (Å²) in [5, 5.41) is 0. The van der Waals surface area contributed by atoms with Gasteiger partial charge in [-0.2, -0.15) is 0 Å². The van der Waals surface area contributed by atoms with Crippen molar-refractivity contribution in [2.45, 2.75) is 26.1 Å². The van der Waals surface area contributed by atoms with E-state index in [-0.39, 0.29) is 18.3 Å². The topological polar surface area (TPSA) is 42.5 Å². The van der Waals surface area contributed by atoms with Gasteiger partial charge in [-0.15, -0.1) is 12.4 Å². The van der Waals surface area contributed by atoms with Crippen LogP contribution in [0.15, 0.2) is 61.1 Å². The van der Waals surface area contributed by atoms with E-state index in [2.05, 4.69) is 41.0 Å². The van der Waals surface area contributed by atoms with Crippen LogP contribution in [0.3, 0.4) is 0 Å². The molecule has 2 heterocycles. The van der Waals surface area contributed by atoms with Gasteiger partial charge in [-0.3, -0.25) is 4.79 Å². The molecular formula is C21H19ClN4O. The standard InChI is InChI=1S/C21H18N4O.ClH/c1-15-6-8-16(9-7-15)12-24-13-19-11-23-14-25(19)20(21(24)26)17-4-3-5-18(10-17)22-2;/h3-11,14,20H,12-13H2,1H3;1H. The van der Waals surface area contributed by atoms with Gasteiger partial charge in [0.05, 0.1) is 25.1 Å². The minimum atomic E-state index is -0.478. The number of hydrogen-bond acceptors (Lipinski definition) is 2. The highest BCUT2D eigenvalue weighted by Crippen LogP contribution is 2.31. The minimum Gasteiger partial charge on any atom is -0.330 e. The predicted molar refractivity (Wildman–Crippen MR) is 106 cm³/mol. The van der Waals surface area contributed by atoms with E-state index in [0.717, 1.165) is 16.8 Å². The summed E-state index contributed by atoms with van der Waals surface area (Å²) in [6, 6.07) is 15.0. The summed E-state index contributed by atoms with van der Waals surface area (Å²) in [4.78, 5) is 22.8.